The quantitative estimate of drug-likeness (QED) is 0.802. The number of hydrogen-bond acceptors (Lipinski definition) is 3. The van der Waals surface area contributed by atoms with Gasteiger partial charge in [0, 0.05) is 24.5 Å². The van der Waals surface area contributed by atoms with Gasteiger partial charge in [-0.15, -0.1) is 11.8 Å². The Morgan fingerprint density at radius 3 is 2.48 bits per heavy atom. The summed E-state index contributed by atoms with van der Waals surface area (Å²) >= 11 is 1.72. The Hall–Kier alpha value is -2.47. The summed E-state index contributed by atoms with van der Waals surface area (Å²) < 4.78 is 0. The minimum Gasteiger partial charge on any atom is -0.324 e. The van der Waals surface area contributed by atoms with Crippen LogP contribution in [0.1, 0.15) is 30.9 Å². The fourth-order valence-corrected chi connectivity index (χ4v) is 5.53. The molecule has 2 fully saturated rings. The number of hydrogen-bond donors (Lipinski definition) is 1. The molecule has 4 rings (SSSR count). The molecule has 2 aromatic carbocycles. The number of rotatable bonds is 3. The number of carbonyl (C=O) groups is 2. The zero-order valence-corrected chi connectivity index (χ0v) is 17.8. The van der Waals surface area contributed by atoms with Gasteiger partial charge in [-0.2, -0.15) is 0 Å². The van der Waals surface area contributed by atoms with Crippen LogP contribution in [0.25, 0.3) is 0 Å². The summed E-state index contributed by atoms with van der Waals surface area (Å²) in [5, 5.41) is 3.07. The zero-order chi connectivity index (χ0) is 20.4. The van der Waals surface area contributed by atoms with Gasteiger partial charge in [-0.3, -0.25) is 9.69 Å². The number of urea groups is 1. The van der Waals surface area contributed by atoms with Crippen molar-refractivity contribution in [3.8, 4) is 0 Å². The van der Waals surface area contributed by atoms with Crippen molar-refractivity contribution in [1.82, 2.24) is 4.90 Å². The van der Waals surface area contributed by atoms with Crippen LogP contribution >= 0.6 is 11.8 Å². The summed E-state index contributed by atoms with van der Waals surface area (Å²) in [6.07, 6.45) is 2.43. The molecule has 29 heavy (non-hydrogen) atoms. The normalized spacial score (nSPS) is 18.3. The summed E-state index contributed by atoms with van der Waals surface area (Å²) in [7, 11) is 0. The van der Waals surface area contributed by atoms with E-state index in [1.807, 2.05) is 65.3 Å². The van der Waals surface area contributed by atoms with Gasteiger partial charge in [-0.05, 0) is 49.9 Å². The van der Waals surface area contributed by atoms with Gasteiger partial charge in [0.1, 0.15) is 0 Å². The molecule has 2 heterocycles. The van der Waals surface area contributed by atoms with Gasteiger partial charge in [-0.25, -0.2) is 4.79 Å². The predicted octanol–water partition coefficient (Wildman–Crippen LogP) is 4.66. The number of amides is 3. The third kappa shape index (κ3) is 3.86. The number of nitrogens with one attached hydrogen (secondary N) is 1. The van der Waals surface area contributed by atoms with E-state index in [1.165, 1.54) is 5.56 Å². The second-order valence-corrected chi connectivity index (χ2v) is 9.06. The van der Waals surface area contributed by atoms with Crippen molar-refractivity contribution in [2.24, 2.45) is 0 Å². The maximum Gasteiger partial charge on any atom is 0.321 e. The van der Waals surface area contributed by atoms with Crippen molar-refractivity contribution in [1.29, 1.82) is 0 Å². The van der Waals surface area contributed by atoms with Crippen molar-refractivity contribution >= 4 is 35.1 Å². The topological polar surface area (TPSA) is 52.7 Å². The minimum absolute atomic E-state index is 0.0584. The highest BCUT2D eigenvalue weighted by Crippen LogP contribution is 2.46. The van der Waals surface area contributed by atoms with E-state index in [0.717, 1.165) is 36.2 Å². The molecule has 152 valence electrons. The highest BCUT2D eigenvalue weighted by atomic mass is 32.2. The number of thioether (sulfide) groups is 1. The highest BCUT2D eigenvalue weighted by molar-refractivity contribution is 8.02. The third-order valence-electron chi connectivity index (χ3n) is 5.89. The molecule has 2 aliphatic heterocycles. The fraction of sp³-hybridized carbons (Fsp3) is 0.391. The SMILES string of the molecule is CCc1ccccc1NC(=O)N1CCC2(CC1)SCC(=O)N2c1ccc(C)cc1. The Morgan fingerprint density at radius 1 is 1.10 bits per heavy atom. The lowest BCUT2D eigenvalue weighted by Gasteiger charge is -2.44. The highest BCUT2D eigenvalue weighted by Gasteiger charge is 2.49. The Bertz CT molecular complexity index is 905. The predicted molar refractivity (Wildman–Crippen MR) is 119 cm³/mol. The minimum atomic E-state index is -0.246. The molecule has 2 aliphatic rings. The van der Waals surface area contributed by atoms with Crippen LogP contribution in [-0.4, -0.2) is 40.6 Å². The molecular formula is C23H27N3O2S. The van der Waals surface area contributed by atoms with Crippen LogP contribution in [0.4, 0.5) is 16.2 Å². The van der Waals surface area contributed by atoms with E-state index in [4.69, 9.17) is 0 Å². The number of aryl methyl sites for hydroxylation is 2. The van der Waals surface area contributed by atoms with Crippen LogP contribution in [0.15, 0.2) is 48.5 Å². The van der Waals surface area contributed by atoms with Crippen LogP contribution < -0.4 is 10.2 Å². The first kappa shape index (κ1) is 19.8. The summed E-state index contributed by atoms with van der Waals surface area (Å²) in [6, 6.07) is 16.0. The molecule has 3 amide bonds. The standard InChI is InChI=1S/C23H27N3O2S/c1-3-18-6-4-5-7-20(18)24-22(28)25-14-12-23(13-15-25)26(21(27)16-29-23)19-10-8-17(2)9-11-19/h4-11H,3,12-16H2,1-2H3,(H,24,28). The summed E-state index contributed by atoms with van der Waals surface area (Å²) in [4.78, 5) is 29.1. The number of piperidine rings is 1. The average Bonchev–Trinajstić information content (AvgIpc) is 3.05. The van der Waals surface area contributed by atoms with E-state index in [9.17, 15) is 9.59 Å². The molecule has 6 heteroatoms. The lowest BCUT2D eigenvalue weighted by atomic mass is 10.0. The molecule has 0 radical (unpaired) electrons. The van der Waals surface area contributed by atoms with Gasteiger partial charge in [0.2, 0.25) is 5.91 Å². The van der Waals surface area contributed by atoms with E-state index in [1.54, 1.807) is 11.8 Å². The largest absolute Gasteiger partial charge is 0.324 e. The Balaban J connectivity index is 1.46. The summed E-state index contributed by atoms with van der Waals surface area (Å²) in [5.41, 5.74) is 4.16. The van der Waals surface area contributed by atoms with E-state index in [0.29, 0.717) is 18.8 Å². The second kappa shape index (κ2) is 8.11. The second-order valence-electron chi connectivity index (χ2n) is 7.73. The maximum absolute atomic E-state index is 12.8. The molecule has 0 saturated carbocycles. The zero-order valence-electron chi connectivity index (χ0n) is 17.0. The van der Waals surface area contributed by atoms with Crippen LogP contribution in [0.2, 0.25) is 0 Å². The molecule has 1 spiro atoms. The Labute approximate surface area is 176 Å². The van der Waals surface area contributed by atoms with Gasteiger partial charge >= 0.3 is 6.03 Å². The molecule has 0 atom stereocenters. The van der Waals surface area contributed by atoms with E-state index >= 15 is 0 Å². The molecule has 0 bridgehead atoms. The Morgan fingerprint density at radius 2 is 1.79 bits per heavy atom. The lowest BCUT2D eigenvalue weighted by molar-refractivity contribution is -0.116. The maximum atomic E-state index is 12.8. The van der Waals surface area contributed by atoms with Gasteiger partial charge in [0.05, 0.1) is 10.6 Å². The van der Waals surface area contributed by atoms with Crippen LogP contribution in [0.5, 0.6) is 0 Å². The smallest absolute Gasteiger partial charge is 0.321 e. The summed E-state index contributed by atoms with van der Waals surface area (Å²) in [6.45, 7) is 5.42. The van der Waals surface area contributed by atoms with E-state index in [-0.39, 0.29) is 16.8 Å². The number of anilines is 2. The molecule has 2 aromatic rings. The molecule has 2 saturated heterocycles. The first-order chi connectivity index (χ1) is 14.0. The van der Waals surface area contributed by atoms with Crippen LogP contribution in [0.3, 0.4) is 0 Å². The van der Waals surface area contributed by atoms with Gasteiger partial charge in [-0.1, -0.05) is 42.8 Å². The molecule has 0 aromatic heterocycles. The van der Waals surface area contributed by atoms with Crippen molar-refractivity contribution in [2.45, 2.75) is 38.0 Å². The van der Waals surface area contributed by atoms with Crippen molar-refractivity contribution in [3.05, 3.63) is 59.7 Å². The lowest BCUT2D eigenvalue weighted by Crippen LogP contribution is -2.53. The van der Waals surface area contributed by atoms with Crippen molar-refractivity contribution in [2.75, 3.05) is 29.1 Å². The van der Waals surface area contributed by atoms with E-state index < -0.39 is 0 Å². The van der Waals surface area contributed by atoms with Gasteiger partial charge in [0.25, 0.3) is 0 Å². The van der Waals surface area contributed by atoms with Crippen LogP contribution in [-0.2, 0) is 11.2 Å². The summed E-state index contributed by atoms with van der Waals surface area (Å²) in [5.74, 6) is 0.665. The third-order valence-corrected chi connectivity index (χ3v) is 7.40. The van der Waals surface area contributed by atoms with Crippen LogP contribution in [0, 0.1) is 6.92 Å². The molecule has 1 N–H and O–H groups in total. The van der Waals surface area contributed by atoms with Gasteiger partial charge < -0.3 is 10.2 Å². The number of nitrogens with zero attached hydrogens (tertiary/aromatic N) is 2. The monoisotopic (exact) mass is 409 g/mol. The molecular weight excluding hydrogens is 382 g/mol. The Kier molecular flexibility index (Phi) is 5.54. The van der Waals surface area contributed by atoms with Crippen molar-refractivity contribution in [3.63, 3.8) is 0 Å². The first-order valence-electron chi connectivity index (χ1n) is 10.2. The molecule has 0 aliphatic carbocycles. The number of para-hydroxylation sites is 1. The van der Waals surface area contributed by atoms with Crippen molar-refractivity contribution < 1.29 is 9.59 Å². The number of carbonyl (C=O) groups excluding carboxylic acids is 2. The average molecular weight is 410 g/mol. The molecule has 0 unspecified atom stereocenters. The molecule has 5 nitrogen and oxygen atoms in total. The fourth-order valence-electron chi connectivity index (χ4n) is 4.20. The number of benzene rings is 2. The number of likely N-dealkylation sites (tertiary alicyclic amines) is 1. The van der Waals surface area contributed by atoms with Gasteiger partial charge in [0.15, 0.2) is 0 Å². The van der Waals surface area contributed by atoms with E-state index in [2.05, 4.69) is 12.2 Å². The first-order valence-corrected chi connectivity index (χ1v) is 11.2.